The van der Waals surface area contributed by atoms with Gasteiger partial charge in [-0.1, -0.05) is 18.2 Å². The van der Waals surface area contributed by atoms with Gasteiger partial charge in [0.15, 0.2) is 0 Å². The van der Waals surface area contributed by atoms with Crippen LogP contribution < -0.4 is 4.90 Å². The van der Waals surface area contributed by atoms with Gasteiger partial charge < -0.3 is 0 Å². The van der Waals surface area contributed by atoms with Gasteiger partial charge in [0.1, 0.15) is 0 Å². The predicted octanol–water partition coefficient (Wildman–Crippen LogP) is 3.44. The minimum absolute atomic E-state index is 0.0325. The fraction of sp³-hybridized carbons (Fsp3) is 0.412. The third-order valence-electron chi connectivity index (χ3n) is 5.63. The summed E-state index contributed by atoms with van der Waals surface area (Å²) in [6.07, 6.45) is 3.34. The Kier molecular flexibility index (Phi) is 2.24. The summed E-state index contributed by atoms with van der Waals surface area (Å²) < 4.78 is 1.13. The van der Waals surface area contributed by atoms with Gasteiger partial charge >= 0.3 is 0 Å². The molecule has 0 radical (unpaired) electrons. The number of thiophene rings is 1. The quantitative estimate of drug-likeness (QED) is 0.756. The van der Waals surface area contributed by atoms with Gasteiger partial charge in [0.2, 0.25) is 11.8 Å². The summed E-state index contributed by atoms with van der Waals surface area (Å²) >= 11 is 1.60. The molecule has 4 unspecified atom stereocenters. The van der Waals surface area contributed by atoms with Crippen LogP contribution in [-0.2, 0) is 9.59 Å². The van der Waals surface area contributed by atoms with Crippen molar-refractivity contribution in [3.05, 3.63) is 29.6 Å². The van der Waals surface area contributed by atoms with Crippen molar-refractivity contribution in [1.82, 2.24) is 0 Å². The molecule has 3 aliphatic rings. The highest BCUT2D eigenvalue weighted by Gasteiger charge is 2.61. The van der Waals surface area contributed by atoms with Crippen molar-refractivity contribution in [2.75, 3.05) is 4.90 Å². The Balaban J connectivity index is 1.64. The average molecular weight is 297 g/mol. The average Bonchev–Trinajstić information content (AvgIpc) is 3.23. The molecular formula is C17H15NO2S. The van der Waals surface area contributed by atoms with Crippen molar-refractivity contribution >= 4 is 38.9 Å². The highest BCUT2D eigenvalue weighted by molar-refractivity contribution is 7.17. The van der Waals surface area contributed by atoms with Crippen LogP contribution in [0.25, 0.3) is 10.1 Å². The summed E-state index contributed by atoms with van der Waals surface area (Å²) in [6.45, 7) is 0. The molecule has 1 aliphatic heterocycles. The van der Waals surface area contributed by atoms with E-state index in [0.29, 0.717) is 11.8 Å². The summed E-state index contributed by atoms with van der Waals surface area (Å²) in [7, 11) is 0. The molecule has 2 bridgehead atoms. The van der Waals surface area contributed by atoms with E-state index in [1.165, 1.54) is 4.90 Å². The van der Waals surface area contributed by atoms with E-state index in [4.69, 9.17) is 0 Å². The lowest BCUT2D eigenvalue weighted by Gasteiger charge is -2.19. The highest BCUT2D eigenvalue weighted by Crippen LogP contribution is 2.57. The minimum Gasteiger partial charge on any atom is -0.274 e. The Morgan fingerprint density at radius 3 is 2.38 bits per heavy atom. The van der Waals surface area contributed by atoms with Crippen LogP contribution in [0.4, 0.5) is 5.69 Å². The molecule has 2 amide bonds. The SMILES string of the molecule is O=C1C2C3CCC(C3)C2C(=O)N1c1csc2ccccc12. The van der Waals surface area contributed by atoms with Gasteiger partial charge in [-0.3, -0.25) is 9.59 Å². The number of fused-ring (bicyclic) bond motifs is 6. The molecular weight excluding hydrogens is 282 g/mol. The lowest BCUT2D eigenvalue weighted by molar-refractivity contribution is -0.123. The number of rotatable bonds is 1. The minimum atomic E-state index is -0.0325. The van der Waals surface area contributed by atoms with Crippen LogP contribution in [0.15, 0.2) is 29.6 Å². The van der Waals surface area contributed by atoms with Gasteiger partial charge in [-0.05, 0) is 37.2 Å². The fourth-order valence-corrected chi connectivity index (χ4v) is 5.71. The molecule has 3 nitrogen and oxygen atoms in total. The fourth-order valence-electron chi connectivity index (χ4n) is 4.78. The molecule has 1 saturated heterocycles. The predicted molar refractivity (Wildman–Crippen MR) is 82.1 cm³/mol. The van der Waals surface area contributed by atoms with E-state index >= 15 is 0 Å². The first-order valence-corrected chi connectivity index (χ1v) is 8.47. The third kappa shape index (κ3) is 1.39. The Labute approximate surface area is 126 Å². The summed E-state index contributed by atoms with van der Waals surface area (Å²) in [4.78, 5) is 27.2. The second-order valence-corrected chi connectivity index (χ2v) is 7.42. The van der Waals surface area contributed by atoms with Crippen molar-refractivity contribution in [3.63, 3.8) is 0 Å². The van der Waals surface area contributed by atoms with Crippen molar-refractivity contribution < 1.29 is 9.59 Å². The third-order valence-corrected chi connectivity index (χ3v) is 6.58. The molecule has 2 aliphatic carbocycles. The molecule has 21 heavy (non-hydrogen) atoms. The number of anilines is 1. The molecule has 1 aromatic heterocycles. The Morgan fingerprint density at radius 1 is 1.00 bits per heavy atom. The van der Waals surface area contributed by atoms with E-state index in [1.807, 2.05) is 29.6 Å². The number of amides is 2. The summed E-state index contributed by atoms with van der Waals surface area (Å²) in [5.74, 6) is 0.948. The monoisotopic (exact) mass is 297 g/mol. The molecule has 2 aromatic rings. The molecule has 4 heteroatoms. The van der Waals surface area contributed by atoms with Crippen LogP contribution in [0, 0.1) is 23.7 Å². The molecule has 1 aromatic carbocycles. The van der Waals surface area contributed by atoms with Gasteiger partial charge in [-0.25, -0.2) is 4.90 Å². The number of hydrogen-bond donors (Lipinski definition) is 0. The number of imide groups is 1. The van der Waals surface area contributed by atoms with Crippen LogP contribution in [0.2, 0.25) is 0 Å². The molecule has 3 fully saturated rings. The van der Waals surface area contributed by atoms with Crippen LogP contribution in [0.1, 0.15) is 19.3 Å². The maximum Gasteiger partial charge on any atom is 0.238 e. The topological polar surface area (TPSA) is 37.4 Å². The number of nitrogens with zero attached hydrogens (tertiary/aromatic N) is 1. The van der Waals surface area contributed by atoms with Crippen LogP contribution in [-0.4, -0.2) is 11.8 Å². The van der Waals surface area contributed by atoms with Crippen molar-refractivity contribution in [3.8, 4) is 0 Å². The molecule has 5 rings (SSSR count). The zero-order chi connectivity index (χ0) is 14.1. The maximum atomic E-state index is 12.8. The zero-order valence-corrected chi connectivity index (χ0v) is 12.3. The standard InChI is InChI=1S/C17H15NO2S/c19-16-14-9-5-6-10(7-9)15(14)17(20)18(16)12-8-21-13-4-2-1-3-11(12)13/h1-4,8-10,14-15H,5-7H2. The van der Waals surface area contributed by atoms with E-state index in [9.17, 15) is 9.59 Å². The summed E-state index contributed by atoms with van der Waals surface area (Å²) in [6, 6.07) is 8.00. The van der Waals surface area contributed by atoms with Crippen LogP contribution in [0.3, 0.4) is 0 Å². The highest BCUT2D eigenvalue weighted by atomic mass is 32.1. The first-order chi connectivity index (χ1) is 10.3. The number of carbonyl (C=O) groups excluding carboxylic acids is 2. The Morgan fingerprint density at radius 2 is 1.67 bits per heavy atom. The number of benzene rings is 1. The lowest BCUT2D eigenvalue weighted by atomic mass is 9.81. The second kappa shape index (κ2) is 3.95. The number of carbonyl (C=O) groups is 2. The van der Waals surface area contributed by atoms with Crippen LogP contribution >= 0.6 is 11.3 Å². The van der Waals surface area contributed by atoms with Gasteiger partial charge in [-0.15, -0.1) is 11.3 Å². The van der Waals surface area contributed by atoms with Crippen molar-refractivity contribution in [1.29, 1.82) is 0 Å². The van der Waals surface area contributed by atoms with E-state index in [0.717, 1.165) is 35.0 Å². The first-order valence-electron chi connectivity index (χ1n) is 7.60. The molecule has 106 valence electrons. The first kappa shape index (κ1) is 11.9. The van der Waals surface area contributed by atoms with Gasteiger partial charge in [-0.2, -0.15) is 0 Å². The normalized spacial score (nSPS) is 34.2. The van der Waals surface area contributed by atoms with E-state index in [1.54, 1.807) is 11.3 Å². The summed E-state index contributed by atoms with van der Waals surface area (Å²) in [5, 5.41) is 2.99. The molecule has 0 N–H and O–H groups in total. The Hall–Kier alpha value is -1.68. The van der Waals surface area contributed by atoms with Crippen molar-refractivity contribution in [2.24, 2.45) is 23.7 Å². The smallest absolute Gasteiger partial charge is 0.238 e. The van der Waals surface area contributed by atoms with Crippen molar-refractivity contribution in [2.45, 2.75) is 19.3 Å². The summed E-state index contributed by atoms with van der Waals surface area (Å²) in [5.41, 5.74) is 0.805. The van der Waals surface area contributed by atoms with E-state index < -0.39 is 0 Å². The van der Waals surface area contributed by atoms with Gasteiger partial charge in [0.25, 0.3) is 0 Å². The van der Waals surface area contributed by atoms with E-state index in [2.05, 4.69) is 0 Å². The maximum absolute atomic E-state index is 12.8. The molecule has 4 atom stereocenters. The largest absolute Gasteiger partial charge is 0.274 e. The Bertz CT molecular complexity index is 752. The molecule has 0 spiro atoms. The molecule has 2 saturated carbocycles. The second-order valence-electron chi connectivity index (χ2n) is 6.51. The zero-order valence-electron chi connectivity index (χ0n) is 11.5. The lowest BCUT2D eigenvalue weighted by Crippen LogP contribution is -2.32. The van der Waals surface area contributed by atoms with Gasteiger partial charge in [0.05, 0.1) is 17.5 Å². The van der Waals surface area contributed by atoms with E-state index in [-0.39, 0.29) is 23.7 Å². The number of hydrogen-bond acceptors (Lipinski definition) is 3. The molecule has 2 heterocycles. The van der Waals surface area contributed by atoms with Crippen LogP contribution in [0.5, 0.6) is 0 Å². The van der Waals surface area contributed by atoms with Gasteiger partial charge in [0, 0.05) is 15.5 Å².